The average Bonchev–Trinajstić information content (AvgIpc) is 2.56. The zero-order chi connectivity index (χ0) is 15.0. The molecule has 4 nitrogen and oxygen atoms in total. The molecule has 1 heterocycles. The molecule has 0 N–H and O–H groups in total. The number of nitrogens with zero attached hydrogens (tertiary/aromatic N) is 2. The van der Waals surface area contributed by atoms with Gasteiger partial charge in [0.2, 0.25) is 0 Å². The first-order valence-corrected chi connectivity index (χ1v) is 6.80. The number of benzene rings is 1. The highest BCUT2D eigenvalue weighted by atomic mass is 127. The van der Waals surface area contributed by atoms with Crippen LogP contribution >= 0.6 is 0 Å². The molecule has 1 saturated heterocycles. The molecule has 116 valence electrons. The van der Waals surface area contributed by atoms with Crippen molar-refractivity contribution in [3.05, 3.63) is 42.1 Å². The number of hydrogen-bond acceptors (Lipinski definition) is 2. The molecular formula is C16H23IN2O2. The molecule has 0 aromatic heterocycles. The molecule has 0 aliphatic carbocycles. The summed E-state index contributed by atoms with van der Waals surface area (Å²) in [4.78, 5) is 13.8. The number of carbonyl (C=O) groups is 1. The van der Waals surface area contributed by atoms with Crippen molar-refractivity contribution in [2.45, 2.75) is 19.4 Å². The largest absolute Gasteiger partial charge is 1.00 e. The predicted molar refractivity (Wildman–Crippen MR) is 80.5 cm³/mol. The number of carbonyl (C=O) groups excluding carboxylic acids is 1. The van der Waals surface area contributed by atoms with E-state index in [4.69, 9.17) is 4.74 Å². The lowest BCUT2D eigenvalue weighted by Gasteiger charge is -2.25. The molecule has 5 heteroatoms. The van der Waals surface area contributed by atoms with Crippen molar-refractivity contribution in [3.63, 3.8) is 0 Å². The first-order chi connectivity index (χ1) is 9.21. The number of quaternary nitrogens is 1. The molecular weight excluding hydrogens is 379 g/mol. The Morgan fingerprint density at radius 2 is 1.76 bits per heavy atom. The maximum absolute atomic E-state index is 12.2. The van der Waals surface area contributed by atoms with Gasteiger partial charge in [-0.1, -0.05) is 18.2 Å². The minimum Gasteiger partial charge on any atom is -1.00 e. The van der Waals surface area contributed by atoms with Gasteiger partial charge in [0, 0.05) is 0 Å². The summed E-state index contributed by atoms with van der Waals surface area (Å²) in [6.45, 7) is 4.68. The van der Waals surface area contributed by atoms with Crippen molar-refractivity contribution in [1.29, 1.82) is 0 Å². The molecule has 0 radical (unpaired) electrons. The highest BCUT2D eigenvalue weighted by Crippen LogP contribution is 2.36. The number of ether oxygens (including phenoxy) is 1. The number of hydrogen-bond donors (Lipinski definition) is 0. The van der Waals surface area contributed by atoms with Crippen LogP contribution in [-0.2, 0) is 4.74 Å². The van der Waals surface area contributed by atoms with E-state index < -0.39 is 5.60 Å². The van der Waals surface area contributed by atoms with Gasteiger partial charge in [0.15, 0.2) is 0 Å². The van der Waals surface area contributed by atoms with Gasteiger partial charge in [-0.05, 0) is 32.1 Å². The SMILES string of the molecule is CC1(C)OC(=O)N(c2ccccc2)C1=CC[N+](C)(C)C.[I-]. The highest BCUT2D eigenvalue weighted by molar-refractivity contribution is 5.95. The van der Waals surface area contributed by atoms with Crippen LogP contribution in [0.1, 0.15) is 13.8 Å². The Morgan fingerprint density at radius 3 is 2.29 bits per heavy atom. The summed E-state index contributed by atoms with van der Waals surface area (Å²) in [6, 6.07) is 9.62. The molecule has 0 atom stereocenters. The van der Waals surface area contributed by atoms with Gasteiger partial charge in [0.05, 0.1) is 39.1 Å². The maximum Gasteiger partial charge on any atom is 0.419 e. The topological polar surface area (TPSA) is 29.5 Å². The van der Waals surface area contributed by atoms with Gasteiger partial charge in [0.1, 0.15) is 5.60 Å². The Kier molecular flexibility index (Phi) is 5.44. The van der Waals surface area contributed by atoms with Crippen LogP contribution in [0.25, 0.3) is 0 Å². The summed E-state index contributed by atoms with van der Waals surface area (Å²) in [5.41, 5.74) is 1.15. The first kappa shape index (κ1) is 18.0. The van der Waals surface area contributed by atoms with E-state index >= 15 is 0 Å². The molecule has 0 bridgehead atoms. The quantitative estimate of drug-likeness (QED) is 0.527. The van der Waals surface area contributed by atoms with E-state index in [9.17, 15) is 4.79 Å². The van der Waals surface area contributed by atoms with Gasteiger partial charge in [-0.25, -0.2) is 9.69 Å². The van der Waals surface area contributed by atoms with E-state index in [1.165, 1.54) is 0 Å². The van der Waals surface area contributed by atoms with Crippen molar-refractivity contribution in [2.24, 2.45) is 0 Å². The summed E-state index contributed by atoms with van der Waals surface area (Å²) in [5, 5.41) is 0. The molecule has 1 aliphatic rings. The van der Waals surface area contributed by atoms with Gasteiger partial charge in [0.25, 0.3) is 0 Å². The zero-order valence-electron chi connectivity index (χ0n) is 13.3. The third-order valence-electron chi connectivity index (χ3n) is 3.23. The van der Waals surface area contributed by atoms with Crippen molar-refractivity contribution < 1.29 is 38.0 Å². The Balaban J connectivity index is 0.00000220. The minimum atomic E-state index is -0.595. The molecule has 1 fully saturated rings. The van der Waals surface area contributed by atoms with Crippen LogP contribution in [0.15, 0.2) is 42.1 Å². The second-order valence-corrected chi connectivity index (χ2v) is 6.61. The Hall–Kier alpha value is -1.08. The number of para-hydroxylation sites is 1. The zero-order valence-corrected chi connectivity index (χ0v) is 15.4. The third-order valence-corrected chi connectivity index (χ3v) is 3.23. The Bertz CT molecular complexity index is 533. The van der Waals surface area contributed by atoms with Crippen molar-refractivity contribution in [1.82, 2.24) is 0 Å². The summed E-state index contributed by atoms with van der Waals surface area (Å²) < 4.78 is 6.31. The van der Waals surface area contributed by atoms with Crippen LogP contribution < -0.4 is 28.9 Å². The van der Waals surface area contributed by atoms with E-state index in [-0.39, 0.29) is 30.1 Å². The van der Waals surface area contributed by atoms with E-state index in [1.807, 2.05) is 44.2 Å². The molecule has 1 aliphatic heterocycles. The molecule has 21 heavy (non-hydrogen) atoms. The van der Waals surface area contributed by atoms with Crippen LogP contribution in [0.3, 0.4) is 0 Å². The fourth-order valence-electron chi connectivity index (χ4n) is 2.20. The second kappa shape index (κ2) is 6.36. The van der Waals surface area contributed by atoms with Gasteiger partial charge >= 0.3 is 6.09 Å². The van der Waals surface area contributed by atoms with E-state index in [0.29, 0.717) is 0 Å². The lowest BCUT2D eigenvalue weighted by molar-refractivity contribution is -0.864. The number of amides is 1. The fraction of sp³-hybridized carbons (Fsp3) is 0.438. The maximum atomic E-state index is 12.2. The number of likely N-dealkylation sites (N-methyl/N-ethyl adjacent to an activating group) is 1. The standard InChI is InChI=1S/C16H23N2O2.HI/c1-16(2)14(11-12-18(3,4)5)17(15(19)20-16)13-9-7-6-8-10-13;/h6-11H,12H2,1-5H3;1H/q+1;/p-1. The molecule has 0 unspecified atom stereocenters. The van der Waals surface area contributed by atoms with Crippen LogP contribution in [0.2, 0.25) is 0 Å². The lowest BCUT2D eigenvalue weighted by Crippen LogP contribution is -3.00. The normalized spacial score (nSPS) is 19.4. The van der Waals surface area contributed by atoms with Crippen LogP contribution in [0.4, 0.5) is 10.5 Å². The van der Waals surface area contributed by atoms with Crippen molar-refractivity contribution >= 4 is 11.8 Å². The monoisotopic (exact) mass is 402 g/mol. The lowest BCUT2D eigenvalue weighted by atomic mass is 10.0. The summed E-state index contributed by atoms with van der Waals surface area (Å²) in [7, 11) is 6.36. The van der Waals surface area contributed by atoms with E-state index in [0.717, 1.165) is 22.4 Å². The summed E-state index contributed by atoms with van der Waals surface area (Å²) >= 11 is 0. The first-order valence-electron chi connectivity index (χ1n) is 6.80. The van der Waals surface area contributed by atoms with Crippen LogP contribution in [0, 0.1) is 0 Å². The van der Waals surface area contributed by atoms with Gasteiger partial charge in [-0.2, -0.15) is 0 Å². The summed E-state index contributed by atoms with van der Waals surface area (Å²) in [6.07, 6.45) is 1.78. The van der Waals surface area contributed by atoms with Gasteiger partial charge in [-0.3, -0.25) is 0 Å². The van der Waals surface area contributed by atoms with Crippen molar-refractivity contribution in [3.8, 4) is 0 Å². The molecule has 1 amide bonds. The van der Waals surface area contributed by atoms with Gasteiger partial charge < -0.3 is 33.2 Å². The second-order valence-electron chi connectivity index (χ2n) is 6.61. The molecule has 0 saturated carbocycles. The number of cyclic esters (lactones) is 1. The van der Waals surface area contributed by atoms with E-state index in [1.54, 1.807) is 4.90 Å². The predicted octanol–water partition coefficient (Wildman–Crippen LogP) is 0.0159. The fourth-order valence-corrected chi connectivity index (χ4v) is 2.20. The number of rotatable bonds is 3. The summed E-state index contributed by atoms with van der Waals surface area (Å²) in [5.74, 6) is 0. The smallest absolute Gasteiger partial charge is 0.419 e. The molecule has 1 aromatic rings. The van der Waals surface area contributed by atoms with Crippen LogP contribution in [-0.4, -0.2) is 43.9 Å². The highest BCUT2D eigenvalue weighted by Gasteiger charge is 2.44. The Morgan fingerprint density at radius 1 is 1.19 bits per heavy atom. The van der Waals surface area contributed by atoms with Gasteiger partial charge in [-0.15, -0.1) is 0 Å². The molecule has 0 spiro atoms. The Labute approximate surface area is 144 Å². The third kappa shape index (κ3) is 4.20. The molecule has 1 aromatic carbocycles. The number of anilines is 1. The molecule has 2 rings (SSSR count). The van der Waals surface area contributed by atoms with Crippen molar-refractivity contribution in [2.75, 3.05) is 32.6 Å². The number of halogens is 1. The van der Waals surface area contributed by atoms with E-state index in [2.05, 4.69) is 27.2 Å². The van der Waals surface area contributed by atoms with Crippen LogP contribution in [0.5, 0.6) is 0 Å². The minimum absolute atomic E-state index is 0. The average molecular weight is 402 g/mol.